The first kappa shape index (κ1) is 39.6. The first-order chi connectivity index (χ1) is 28.7. The largest absolute Gasteiger partial charge is 0.477 e. The molecule has 4 fully saturated rings. The second-order valence-corrected chi connectivity index (χ2v) is 14.9. The van der Waals surface area contributed by atoms with Crippen molar-refractivity contribution in [3.63, 3.8) is 0 Å². The molecule has 0 atom stereocenters. The third kappa shape index (κ3) is 7.46. The summed E-state index contributed by atoms with van der Waals surface area (Å²) in [4.78, 5) is 66.1. The lowest BCUT2D eigenvalue weighted by Gasteiger charge is -2.31. The molecule has 60 heavy (non-hydrogen) atoms. The van der Waals surface area contributed by atoms with Crippen molar-refractivity contribution < 1.29 is 28.6 Å². The number of benzene rings is 2. The molecule has 0 radical (unpaired) electrons. The molecule has 2 aliphatic carbocycles. The number of hydrogen-bond acceptors (Lipinski definition) is 8. The molecule has 2 aromatic heterocycles. The third-order valence-corrected chi connectivity index (χ3v) is 10.8. The number of rotatable bonds is 9. The fraction of sp³-hybridized carbons (Fsp3) is 0.368. The van der Waals surface area contributed by atoms with Gasteiger partial charge in [-0.2, -0.15) is 9.98 Å². The molecule has 314 valence electrons. The highest BCUT2D eigenvalue weighted by molar-refractivity contribution is 5.97. The number of fused-ring (bicyclic) bond motifs is 2. The van der Waals surface area contributed by atoms with Crippen LogP contribution in [0.5, 0.6) is 0 Å². The highest BCUT2D eigenvalue weighted by atomic mass is 19.1. The molecule has 4 aromatic rings. The molecule has 0 spiro atoms. The Labute approximate surface area is 338 Å². The number of carboxylic acids is 2. The van der Waals surface area contributed by atoms with Gasteiger partial charge in [-0.15, -0.1) is 0 Å². The van der Waals surface area contributed by atoms with Gasteiger partial charge >= 0.3 is 11.9 Å². The van der Waals surface area contributed by atoms with E-state index in [1.54, 1.807) is 19.2 Å². The summed E-state index contributed by atoms with van der Waals surface area (Å²) in [6.45, 7) is 1.57. The molecule has 4 aliphatic rings. The summed E-state index contributed by atoms with van der Waals surface area (Å²) in [6, 6.07) is 5.16. The maximum Gasteiger partial charge on any atom is 0.341 e. The average molecular weight is 829 g/mol. The quantitative estimate of drug-likeness (QED) is 0.0792. The van der Waals surface area contributed by atoms with Gasteiger partial charge in [0.2, 0.25) is 34.7 Å². The van der Waals surface area contributed by atoms with E-state index < -0.39 is 45.6 Å². The van der Waals surface area contributed by atoms with E-state index in [4.69, 9.17) is 22.9 Å². The van der Waals surface area contributed by atoms with Crippen LogP contribution in [0, 0.1) is 11.6 Å². The van der Waals surface area contributed by atoms with Crippen LogP contribution in [0.15, 0.2) is 66.2 Å². The topological polar surface area (TPSA) is 285 Å². The van der Waals surface area contributed by atoms with Crippen molar-refractivity contribution >= 4 is 69.0 Å². The molecule has 0 unspecified atom stereocenters. The average Bonchev–Trinajstić information content (AvgIpc) is 4.13. The van der Waals surface area contributed by atoms with Crippen LogP contribution in [0.25, 0.3) is 21.8 Å². The Morgan fingerprint density at radius 3 is 1.37 bits per heavy atom. The number of pyridine rings is 2. The summed E-state index contributed by atoms with van der Waals surface area (Å²) >= 11 is 0. The molecule has 2 saturated heterocycles. The van der Waals surface area contributed by atoms with Crippen LogP contribution in [0.1, 0.15) is 71.3 Å². The summed E-state index contributed by atoms with van der Waals surface area (Å²) in [5.41, 5.74) is 23.5. The van der Waals surface area contributed by atoms with E-state index in [1.807, 2.05) is 0 Å². The Balaban J connectivity index is 0.942. The molecule has 22 heteroatoms. The van der Waals surface area contributed by atoms with E-state index >= 15 is 8.78 Å². The van der Waals surface area contributed by atoms with Crippen LogP contribution >= 0.6 is 0 Å². The zero-order valence-corrected chi connectivity index (χ0v) is 32.2. The molecule has 0 amide bonds. The lowest BCUT2D eigenvalue weighted by Crippen LogP contribution is -2.46. The summed E-state index contributed by atoms with van der Waals surface area (Å²) in [7, 11) is 0. The lowest BCUT2D eigenvalue weighted by atomic mass is 10.1. The highest BCUT2D eigenvalue weighted by Crippen LogP contribution is 2.40. The number of carboxylic acid groups (broad SMARTS) is 2. The Morgan fingerprint density at radius 2 is 1.02 bits per heavy atom. The molecular weight excluding hydrogens is 787 g/mol. The van der Waals surface area contributed by atoms with Crippen molar-refractivity contribution in [1.82, 2.24) is 19.2 Å². The predicted molar refractivity (Wildman–Crippen MR) is 220 cm³/mol. The van der Waals surface area contributed by atoms with Crippen molar-refractivity contribution in [3.05, 3.63) is 79.9 Å². The van der Waals surface area contributed by atoms with E-state index in [0.29, 0.717) is 50.1 Å². The standard InChI is InChI=1S/C38H42F2N14O6/c39-25-13-21-27(49(19-3-4-19)17-23(31(21)55)33(57)58)15-29(25)51-9-1-11-53(51)37(43)47-35(41)45-7-8-46-36(42)48-38(44)54-12-2-10-52(54)30-16-28-22(14-26(30)40)32(56)24(34(59)60)18-50(28)20-5-6-20/h13-20H,1-12H2,(H,57,58)(H,59,60)(H4,41,43,45,47)(H4,42,44,46,48). The molecule has 2 aliphatic heterocycles. The second-order valence-electron chi connectivity index (χ2n) is 14.9. The minimum atomic E-state index is -1.38. The van der Waals surface area contributed by atoms with Crippen LogP contribution in [-0.4, -0.2) is 104 Å². The number of carbonyl (C=O) groups is 2. The minimum Gasteiger partial charge on any atom is -0.477 e. The minimum absolute atomic E-state index is 0.00287. The van der Waals surface area contributed by atoms with Gasteiger partial charge in [-0.25, -0.2) is 28.4 Å². The van der Waals surface area contributed by atoms with Gasteiger partial charge in [-0.05, 0) is 62.8 Å². The molecule has 4 heterocycles. The number of hydrogen-bond donors (Lipinski definition) is 6. The maximum absolute atomic E-state index is 15.6. The van der Waals surface area contributed by atoms with E-state index in [1.165, 1.54) is 34.5 Å². The zero-order chi connectivity index (χ0) is 42.6. The van der Waals surface area contributed by atoms with E-state index in [9.17, 15) is 29.4 Å². The molecule has 2 saturated carbocycles. The third-order valence-electron chi connectivity index (χ3n) is 10.8. The Bertz CT molecular complexity index is 2520. The zero-order valence-electron chi connectivity index (χ0n) is 32.2. The number of aromatic carboxylic acids is 2. The summed E-state index contributed by atoms with van der Waals surface area (Å²) in [5.74, 6) is -4.72. The maximum atomic E-state index is 15.6. The van der Waals surface area contributed by atoms with Crippen molar-refractivity contribution in [2.45, 2.75) is 50.6 Å². The fourth-order valence-electron chi connectivity index (χ4n) is 7.68. The van der Waals surface area contributed by atoms with Crippen molar-refractivity contribution in [2.24, 2.45) is 42.9 Å². The monoisotopic (exact) mass is 828 g/mol. The second kappa shape index (κ2) is 15.5. The number of anilines is 2. The normalized spacial score (nSPS) is 18.1. The fourth-order valence-corrected chi connectivity index (χ4v) is 7.68. The lowest BCUT2D eigenvalue weighted by molar-refractivity contribution is 0.0684. The highest BCUT2D eigenvalue weighted by Gasteiger charge is 2.33. The number of nitrogens with two attached hydrogens (primary N) is 4. The van der Waals surface area contributed by atoms with Crippen LogP contribution in [-0.2, 0) is 0 Å². The van der Waals surface area contributed by atoms with Gasteiger partial charge in [-0.3, -0.25) is 29.6 Å². The van der Waals surface area contributed by atoms with Crippen LogP contribution in [0.3, 0.4) is 0 Å². The van der Waals surface area contributed by atoms with Gasteiger partial charge in [0.15, 0.2) is 0 Å². The first-order valence-electron chi connectivity index (χ1n) is 19.3. The molecule has 0 bridgehead atoms. The molecule has 2 aromatic carbocycles. The molecular formula is C38H42F2N14O6. The summed E-state index contributed by atoms with van der Waals surface area (Å²) in [6.07, 6.45) is 7.03. The van der Waals surface area contributed by atoms with Crippen LogP contribution < -0.4 is 43.8 Å². The molecule has 20 nitrogen and oxygen atoms in total. The van der Waals surface area contributed by atoms with Gasteiger partial charge < -0.3 is 42.3 Å². The van der Waals surface area contributed by atoms with E-state index in [0.717, 1.165) is 37.8 Å². The number of aliphatic imine (C=N–C) groups is 4. The Kier molecular flexibility index (Phi) is 10.2. The number of halogens is 2. The van der Waals surface area contributed by atoms with Crippen molar-refractivity contribution in [1.29, 1.82) is 0 Å². The Morgan fingerprint density at radius 1 is 0.633 bits per heavy atom. The predicted octanol–water partition coefficient (Wildman–Crippen LogP) is 1.47. The number of nitrogens with zero attached hydrogens (tertiary/aromatic N) is 10. The smallest absolute Gasteiger partial charge is 0.341 e. The van der Waals surface area contributed by atoms with Gasteiger partial charge in [0.05, 0.1) is 35.5 Å². The van der Waals surface area contributed by atoms with Crippen molar-refractivity contribution in [3.8, 4) is 0 Å². The molecule has 8 rings (SSSR count). The summed E-state index contributed by atoms with van der Waals surface area (Å²) in [5, 5.41) is 25.3. The van der Waals surface area contributed by atoms with Gasteiger partial charge in [0.1, 0.15) is 22.8 Å². The first-order valence-corrected chi connectivity index (χ1v) is 19.3. The Hall–Kier alpha value is -7.26. The van der Waals surface area contributed by atoms with Crippen LogP contribution in [0.2, 0.25) is 0 Å². The van der Waals surface area contributed by atoms with Gasteiger partial charge in [-0.1, -0.05) is 0 Å². The molecule has 10 N–H and O–H groups in total. The van der Waals surface area contributed by atoms with E-state index in [2.05, 4.69) is 20.0 Å². The van der Waals surface area contributed by atoms with Gasteiger partial charge in [0, 0.05) is 61.4 Å². The summed E-state index contributed by atoms with van der Waals surface area (Å²) < 4.78 is 34.7. The van der Waals surface area contributed by atoms with Crippen molar-refractivity contribution in [2.75, 3.05) is 49.3 Å². The number of hydrazine groups is 2. The van der Waals surface area contributed by atoms with Gasteiger partial charge in [0.25, 0.3) is 0 Å². The van der Waals surface area contributed by atoms with E-state index in [-0.39, 0.29) is 71.2 Å². The number of guanidine groups is 4. The van der Waals surface area contributed by atoms with Crippen LogP contribution in [0.4, 0.5) is 20.2 Å². The SMILES string of the molecule is NC(=NCCN=C(N)/N=C(\N)N1CCCN1c1cc2c(cc1F)c(=O)c(C(=O)O)cn2C1CC1)/N=C(\N)N1CCCN1c1cc2c(cc1F)c(=O)c(C(=O)O)cn2C1CC1. The number of aromatic nitrogens is 2.